The first-order valence-corrected chi connectivity index (χ1v) is 11.8. The molecule has 0 amide bonds. The lowest BCUT2D eigenvalue weighted by atomic mass is 9.84. The molecule has 0 saturated heterocycles. The molecule has 1 aromatic carbocycles. The lowest BCUT2D eigenvalue weighted by Gasteiger charge is -2.22. The number of aryl methyl sites for hydroxylation is 1. The summed E-state index contributed by atoms with van der Waals surface area (Å²) in [4.78, 5) is 0. The van der Waals surface area contributed by atoms with Gasteiger partial charge in [-0.3, -0.25) is 0 Å². The molecule has 1 saturated carbocycles. The van der Waals surface area contributed by atoms with Gasteiger partial charge in [-0.2, -0.15) is 0 Å². The molecule has 1 aliphatic rings. The summed E-state index contributed by atoms with van der Waals surface area (Å²) < 4.78 is 0. The molecule has 0 bridgehead atoms. The van der Waals surface area contributed by atoms with Crippen LogP contribution in [-0.4, -0.2) is 10.2 Å². The molecule has 160 valence electrons. The molecule has 2 rings (SSSR count). The molecular weight excluding hydrogens is 344 g/mol. The number of hydrogen-bond acceptors (Lipinski definition) is 2. The number of aromatic hydroxyl groups is 2. The highest BCUT2D eigenvalue weighted by Crippen LogP contribution is 2.49. The Kier molecular flexibility index (Phi) is 8.71. The molecule has 2 heteroatoms. The zero-order valence-corrected chi connectivity index (χ0v) is 18.9. The molecular formula is C26H44O2. The monoisotopic (exact) mass is 388 g/mol. The van der Waals surface area contributed by atoms with Gasteiger partial charge in [-0.05, 0) is 79.4 Å². The second-order valence-corrected chi connectivity index (χ2v) is 10.4. The molecule has 0 atom stereocenters. The Hall–Kier alpha value is -1.18. The number of phenols is 2. The van der Waals surface area contributed by atoms with E-state index in [0.29, 0.717) is 10.8 Å². The van der Waals surface area contributed by atoms with Crippen molar-refractivity contribution in [3.8, 4) is 11.5 Å². The van der Waals surface area contributed by atoms with Crippen molar-refractivity contribution >= 4 is 0 Å². The highest BCUT2D eigenvalue weighted by molar-refractivity contribution is 5.45. The van der Waals surface area contributed by atoms with Gasteiger partial charge < -0.3 is 10.2 Å². The molecule has 2 N–H and O–H groups in total. The van der Waals surface area contributed by atoms with E-state index in [2.05, 4.69) is 27.7 Å². The van der Waals surface area contributed by atoms with E-state index in [1.807, 2.05) is 6.07 Å². The number of rotatable bonds is 14. The summed E-state index contributed by atoms with van der Waals surface area (Å²) in [6, 6.07) is 3.39. The number of phenolic OH excluding ortho intramolecular Hbond substituents is 2. The Bertz CT molecular complexity index is 599. The zero-order valence-electron chi connectivity index (χ0n) is 18.9. The maximum Gasteiger partial charge on any atom is 0.122 e. The largest absolute Gasteiger partial charge is 0.508 e. The van der Waals surface area contributed by atoms with Gasteiger partial charge in [0.15, 0.2) is 0 Å². The van der Waals surface area contributed by atoms with Gasteiger partial charge in [0.1, 0.15) is 11.5 Å². The van der Waals surface area contributed by atoms with Crippen molar-refractivity contribution in [2.75, 3.05) is 0 Å². The van der Waals surface area contributed by atoms with Crippen LogP contribution in [0.3, 0.4) is 0 Å². The van der Waals surface area contributed by atoms with Gasteiger partial charge in [0, 0.05) is 6.07 Å². The Labute approximate surface area is 173 Å². The Balaban J connectivity index is 1.73. The molecule has 0 aromatic heterocycles. The summed E-state index contributed by atoms with van der Waals surface area (Å²) >= 11 is 0. The van der Waals surface area contributed by atoms with E-state index in [0.717, 1.165) is 36.8 Å². The van der Waals surface area contributed by atoms with Crippen LogP contribution in [0.1, 0.15) is 116 Å². The van der Waals surface area contributed by atoms with Crippen molar-refractivity contribution in [1.82, 2.24) is 0 Å². The molecule has 0 spiro atoms. The normalized spacial score (nSPS) is 15.7. The molecule has 28 heavy (non-hydrogen) atoms. The lowest BCUT2D eigenvalue weighted by Crippen LogP contribution is -2.08. The molecule has 1 aliphatic carbocycles. The third-order valence-electron chi connectivity index (χ3n) is 7.12. The van der Waals surface area contributed by atoms with E-state index in [1.54, 1.807) is 0 Å². The van der Waals surface area contributed by atoms with Crippen molar-refractivity contribution in [3.05, 3.63) is 23.3 Å². The molecule has 0 unspecified atom stereocenters. The minimum atomic E-state index is 0.197. The van der Waals surface area contributed by atoms with E-state index in [9.17, 15) is 10.2 Å². The summed E-state index contributed by atoms with van der Waals surface area (Å²) in [6.07, 6.45) is 17.3. The topological polar surface area (TPSA) is 40.5 Å². The zero-order chi connectivity index (χ0) is 20.6. The number of hydrogen-bond donors (Lipinski definition) is 2. The number of benzene rings is 1. The van der Waals surface area contributed by atoms with Crippen LogP contribution in [0.5, 0.6) is 11.5 Å². The molecule has 0 aliphatic heterocycles. The van der Waals surface area contributed by atoms with Crippen molar-refractivity contribution in [2.24, 2.45) is 10.8 Å². The third-order valence-corrected chi connectivity index (χ3v) is 7.12. The highest BCUT2D eigenvalue weighted by Gasteiger charge is 2.35. The van der Waals surface area contributed by atoms with Crippen LogP contribution >= 0.6 is 0 Å². The van der Waals surface area contributed by atoms with E-state index in [4.69, 9.17) is 0 Å². The first-order chi connectivity index (χ1) is 13.2. The standard InChI is InChI=1S/C26H44O2/c1-5-25(2,3)15-11-7-6-9-13-21-19-22(27)20-24(28)23(21)14-10-8-12-16-26(4)17-18-26/h19-20,27-28H,5-18H2,1-4H3. The first-order valence-electron chi connectivity index (χ1n) is 11.8. The molecule has 2 nitrogen and oxygen atoms in total. The van der Waals surface area contributed by atoms with Gasteiger partial charge in [0.05, 0.1) is 0 Å². The Morgan fingerprint density at radius 2 is 1.54 bits per heavy atom. The van der Waals surface area contributed by atoms with Gasteiger partial charge in [-0.1, -0.05) is 66.2 Å². The van der Waals surface area contributed by atoms with Gasteiger partial charge in [-0.25, -0.2) is 0 Å². The van der Waals surface area contributed by atoms with E-state index < -0.39 is 0 Å². The van der Waals surface area contributed by atoms with Crippen molar-refractivity contribution < 1.29 is 10.2 Å². The van der Waals surface area contributed by atoms with Gasteiger partial charge in [0.2, 0.25) is 0 Å². The highest BCUT2D eigenvalue weighted by atomic mass is 16.3. The van der Waals surface area contributed by atoms with Crippen molar-refractivity contribution in [2.45, 2.75) is 118 Å². The first kappa shape index (κ1) is 23.1. The van der Waals surface area contributed by atoms with Gasteiger partial charge in [-0.15, -0.1) is 0 Å². The Morgan fingerprint density at radius 3 is 2.21 bits per heavy atom. The maximum atomic E-state index is 10.4. The maximum absolute atomic E-state index is 10.4. The molecule has 0 heterocycles. The summed E-state index contributed by atoms with van der Waals surface area (Å²) in [5, 5.41) is 20.3. The quantitative estimate of drug-likeness (QED) is 0.318. The summed E-state index contributed by atoms with van der Waals surface area (Å²) in [6.45, 7) is 9.40. The predicted molar refractivity (Wildman–Crippen MR) is 120 cm³/mol. The predicted octanol–water partition coefficient (Wildman–Crippen LogP) is 7.93. The molecule has 0 radical (unpaired) electrons. The molecule has 1 fully saturated rings. The van der Waals surface area contributed by atoms with E-state index >= 15 is 0 Å². The fourth-order valence-electron chi connectivity index (χ4n) is 4.15. The fraction of sp³-hybridized carbons (Fsp3) is 0.769. The van der Waals surface area contributed by atoms with Gasteiger partial charge in [0.25, 0.3) is 0 Å². The van der Waals surface area contributed by atoms with E-state index in [1.165, 1.54) is 70.3 Å². The Morgan fingerprint density at radius 1 is 0.893 bits per heavy atom. The summed E-state index contributed by atoms with van der Waals surface area (Å²) in [5.41, 5.74) is 3.35. The van der Waals surface area contributed by atoms with Crippen LogP contribution < -0.4 is 0 Å². The second kappa shape index (κ2) is 10.6. The van der Waals surface area contributed by atoms with E-state index in [-0.39, 0.29) is 11.5 Å². The van der Waals surface area contributed by atoms with Crippen molar-refractivity contribution in [1.29, 1.82) is 0 Å². The van der Waals surface area contributed by atoms with Crippen LogP contribution in [-0.2, 0) is 12.8 Å². The lowest BCUT2D eigenvalue weighted by molar-refractivity contribution is 0.307. The van der Waals surface area contributed by atoms with Gasteiger partial charge >= 0.3 is 0 Å². The van der Waals surface area contributed by atoms with Crippen LogP contribution in [0.4, 0.5) is 0 Å². The van der Waals surface area contributed by atoms with Crippen LogP contribution in [0.25, 0.3) is 0 Å². The smallest absolute Gasteiger partial charge is 0.122 e. The molecule has 1 aromatic rings. The minimum Gasteiger partial charge on any atom is -0.508 e. The summed E-state index contributed by atoms with van der Waals surface area (Å²) in [5.74, 6) is 0.483. The second-order valence-electron chi connectivity index (χ2n) is 10.4. The average molecular weight is 389 g/mol. The van der Waals surface area contributed by atoms with Crippen molar-refractivity contribution in [3.63, 3.8) is 0 Å². The van der Waals surface area contributed by atoms with Crippen LogP contribution in [0.2, 0.25) is 0 Å². The third kappa shape index (κ3) is 8.05. The SMILES string of the molecule is CCC(C)(C)CCCCCCc1cc(O)cc(O)c1CCCCCC1(C)CC1. The fourth-order valence-corrected chi connectivity index (χ4v) is 4.15. The van der Waals surface area contributed by atoms with Crippen LogP contribution in [0, 0.1) is 10.8 Å². The summed E-state index contributed by atoms with van der Waals surface area (Å²) in [7, 11) is 0. The minimum absolute atomic E-state index is 0.197. The number of unbranched alkanes of at least 4 members (excludes halogenated alkanes) is 5. The average Bonchev–Trinajstić information content (AvgIpc) is 3.36. The van der Waals surface area contributed by atoms with Crippen LogP contribution in [0.15, 0.2) is 12.1 Å².